The molecule has 0 spiro atoms. The maximum absolute atomic E-state index is 12.4. The molecule has 1 aromatic rings. The van der Waals surface area contributed by atoms with E-state index in [1.165, 1.54) is 15.6 Å². The van der Waals surface area contributed by atoms with Gasteiger partial charge in [-0.1, -0.05) is 0 Å². The first-order valence-electron chi connectivity index (χ1n) is 5.29. The average Bonchev–Trinajstić information content (AvgIpc) is 2.60. The van der Waals surface area contributed by atoms with Crippen LogP contribution in [0.25, 0.3) is 0 Å². The van der Waals surface area contributed by atoms with Crippen LogP contribution in [0.3, 0.4) is 0 Å². The molecule has 0 saturated carbocycles. The third-order valence-electron chi connectivity index (χ3n) is 2.63. The molecule has 0 aromatic carbocycles. The van der Waals surface area contributed by atoms with E-state index in [0.29, 0.717) is 23.9 Å². The molecular formula is C10H14BrNO3S2. The van der Waals surface area contributed by atoms with Gasteiger partial charge in [0.2, 0.25) is 0 Å². The van der Waals surface area contributed by atoms with Crippen LogP contribution in [0.1, 0.15) is 12.5 Å². The number of sulfonamides is 1. The Hall–Kier alpha value is 0.0500. The highest BCUT2D eigenvalue weighted by Crippen LogP contribution is 2.32. The van der Waals surface area contributed by atoms with Crippen LogP contribution in [0.4, 0.5) is 0 Å². The first kappa shape index (κ1) is 13.5. The molecule has 0 bridgehead atoms. The van der Waals surface area contributed by atoms with E-state index in [4.69, 9.17) is 4.74 Å². The van der Waals surface area contributed by atoms with Crippen LogP contribution < -0.4 is 0 Å². The molecule has 0 N–H and O–H groups in total. The zero-order chi connectivity index (χ0) is 12.6. The van der Waals surface area contributed by atoms with Gasteiger partial charge in [0, 0.05) is 13.1 Å². The summed E-state index contributed by atoms with van der Waals surface area (Å²) in [6, 6.07) is 1.71. The largest absolute Gasteiger partial charge is 0.376 e. The fraction of sp³-hybridized carbons (Fsp3) is 0.600. The van der Waals surface area contributed by atoms with E-state index in [-0.39, 0.29) is 6.10 Å². The van der Waals surface area contributed by atoms with Gasteiger partial charge in [-0.15, -0.1) is 11.3 Å². The quantitative estimate of drug-likeness (QED) is 0.829. The molecule has 1 aliphatic rings. The molecule has 96 valence electrons. The van der Waals surface area contributed by atoms with Gasteiger partial charge in [-0.25, -0.2) is 8.42 Å². The van der Waals surface area contributed by atoms with Crippen molar-refractivity contribution in [2.24, 2.45) is 0 Å². The molecule has 1 fully saturated rings. The van der Waals surface area contributed by atoms with E-state index in [1.807, 2.05) is 13.8 Å². The highest BCUT2D eigenvalue weighted by Gasteiger charge is 2.30. The zero-order valence-corrected chi connectivity index (χ0v) is 12.9. The van der Waals surface area contributed by atoms with Gasteiger partial charge >= 0.3 is 0 Å². The summed E-state index contributed by atoms with van der Waals surface area (Å²) in [7, 11) is -3.35. The minimum absolute atomic E-state index is 0.0389. The van der Waals surface area contributed by atoms with Crippen molar-refractivity contribution in [3.05, 3.63) is 15.4 Å². The molecule has 1 aliphatic heterocycles. The highest BCUT2D eigenvalue weighted by atomic mass is 79.9. The van der Waals surface area contributed by atoms with Crippen molar-refractivity contribution in [1.82, 2.24) is 4.31 Å². The maximum atomic E-state index is 12.4. The fourth-order valence-electron chi connectivity index (χ4n) is 1.69. The van der Waals surface area contributed by atoms with E-state index >= 15 is 0 Å². The van der Waals surface area contributed by atoms with E-state index < -0.39 is 10.0 Å². The maximum Gasteiger partial charge on any atom is 0.252 e. The number of rotatable bonds is 2. The summed E-state index contributed by atoms with van der Waals surface area (Å²) >= 11 is 4.62. The monoisotopic (exact) mass is 339 g/mol. The van der Waals surface area contributed by atoms with Gasteiger partial charge in [0.05, 0.1) is 16.5 Å². The molecule has 1 atom stereocenters. The van der Waals surface area contributed by atoms with Gasteiger partial charge in [-0.3, -0.25) is 0 Å². The first-order chi connectivity index (χ1) is 7.91. The number of hydrogen-bond acceptors (Lipinski definition) is 4. The second-order valence-electron chi connectivity index (χ2n) is 4.07. The summed E-state index contributed by atoms with van der Waals surface area (Å²) in [6.07, 6.45) is -0.0389. The summed E-state index contributed by atoms with van der Waals surface area (Å²) < 4.78 is 32.8. The second kappa shape index (κ2) is 4.97. The summed E-state index contributed by atoms with van der Waals surface area (Å²) in [6.45, 7) is 5.10. The molecule has 7 heteroatoms. The Kier molecular flexibility index (Phi) is 3.94. The van der Waals surface area contributed by atoms with Crippen molar-refractivity contribution < 1.29 is 13.2 Å². The van der Waals surface area contributed by atoms with Crippen molar-refractivity contribution >= 4 is 37.3 Å². The number of hydrogen-bond donors (Lipinski definition) is 0. The predicted molar refractivity (Wildman–Crippen MR) is 70.9 cm³/mol. The van der Waals surface area contributed by atoms with Crippen molar-refractivity contribution in [2.75, 3.05) is 19.7 Å². The first-order valence-corrected chi connectivity index (χ1v) is 8.34. The summed E-state index contributed by atoms with van der Waals surface area (Å²) in [4.78, 5) is 0. The second-order valence-corrected chi connectivity index (χ2v) is 8.60. The lowest BCUT2D eigenvalue weighted by atomic mass is 10.3. The number of ether oxygens (including phenoxy) is 1. The number of thiophene rings is 1. The van der Waals surface area contributed by atoms with Gasteiger partial charge in [0.1, 0.15) is 4.21 Å². The van der Waals surface area contributed by atoms with Crippen LogP contribution in [0.15, 0.2) is 14.1 Å². The molecule has 2 rings (SSSR count). The average molecular weight is 340 g/mol. The fourth-order valence-corrected chi connectivity index (χ4v) is 5.57. The summed E-state index contributed by atoms with van der Waals surface area (Å²) in [5.41, 5.74) is 0.954. The van der Waals surface area contributed by atoms with Gasteiger partial charge < -0.3 is 4.74 Å². The van der Waals surface area contributed by atoms with E-state index in [2.05, 4.69) is 15.9 Å². The molecule has 1 aromatic heterocycles. The van der Waals surface area contributed by atoms with E-state index in [9.17, 15) is 8.42 Å². The van der Waals surface area contributed by atoms with Crippen LogP contribution in [0.2, 0.25) is 0 Å². The number of morpholine rings is 1. The van der Waals surface area contributed by atoms with Crippen molar-refractivity contribution in [1.29, 1.82) is 0 Å². The molecule has 2 heterocycles. The van der Waals surface area contributed by atoms with Gasteiger partial charge in [0.15, 0.2) is 0 Å². The predicted octanol–water partition coefficient (Wildman–Crippen LogP) is 2.23. The molecule has 0 amide bonds. The topological polar surface area (TPSA) is 46.6 Å². The molecule has 4 nitrogen and oxygen atoms in total. The standard InChI is InChI=1S/C10H14BrNO3S2/c1-7-5-9(16-10(7)11)17(13,14)12-3-4-15-8(2)6-12/h5,8H,3-4,6H2,1-2H3/t8-/m0/s1. The Balaban J connectivity index is 2.29. The third kappa shape index (κ3) is 2.73. The minimum Gasteiger partial charge on any atom is -0.376 e. The number of halogens is 1. The minimum atomic E-state index is -3.35. The molecule has 0 aliphatic carbocycles. The van der Waals surface area contributed by atoms with Crippen molar-refractivity contribution in [2.45, 2.75) is 24.2 Å². The Bertz CT molecular complexity index is 492. The highest BCUT2D eigenvalue weighted by molar-refractivity contribution is 9.11. The van der Waals surface area contributed by atoms with Gasteiger partial charge in [-0.05, 0) is 41.4 Å². The Morgan fingerprint density at radius 3 is 2.82 bits per heavy atom. The Morgan fingerprint density at radius 1 is 1.59 bits per heavy atom. The lowest BCUT2D eigenvalue weighted by molar-refractivity contribution is 0.0102. The Morgan fingerprint density at radius 2 is 2.29 bits per heavy atom. The van der Waals surface area contributed by atoms with Gasteiger partial charge in [0.25, 0.3) is 10.0 Å². The number of nitrogens with zero attached hydrogens (tertiary/aromatic N) is 1. The third-order valence-corrected chi connectivity index (χ3v) is 7.08. The molecule has 1 saturated heterocycles. The van der Waals surface area contributed by atoms with E-state index in [1.54, 1.807) is 6.07 Å². The lowest BCUT2D eigenvalue weighted by Crippen LogP contribution is -2.44. The zero-order valence-electron chi connectivity index (χ0n) is 9.64. The van der Waals surface area contributed by atoms with E-state index in [0.717, 1.165) is 9.35 Å². The number of aryl methyl sites for hydroxylation is 1. The Labute approximate surface area is 114 Å². The van der Waals surface area contributed by atoms with Crippen molar-refractivity contribution in [3.8, 4) is 0 Å². The SMILES string of the molecule is Cc1cc(S(=O)(=O)N2CCO[C@@H](C)C2)sc1Br. The molecular weight excluding hydrogens is 326 g/mol. The van der Waals surface area contributed by atoms with Crippen LogP contribution in [0, 0.1) is 6.92 Å². The van der Waals surface area contributed by atoms with Gasteiger partial charge in [-0.2, -0.15) is 4.31 Å². The molecule has 0 radical (unpaired) electrons. The molecule has 17 heavy (non-hydrogen) atoms. The van der Waals surface area contributed by atoms with Crippen LogP contribution >= 0.6 is 27.3 Å². The normalized spacial score (nSPS) is 22.9. The lowest BCUT2D eigenvalue weighted by Gasteiger charge is -2.29. The summed E-state index contributed by atoms with van der Waals surface area (Å²) in [5, 5.41) is 0. The van der Waals surface area contributed by atoms with Crippen LogP contribution in [-0.2, 0) is 14.8 Å². The van der Waals surface area contributed by atoms with Crippen LogP contribution in [-0.4, -0.2) is 38.5 Å². The molecule has 0 unspecified atom stereocenters. The van der Waals surface area contributed by atoms with Crippen molar-refractivity contribution in [3.63, 3.8) is 0 Å². The smallest absolute Gasteiger partial charge is 0.252 e. The van der Waals surface area contributed by atoms with Crippen LogP contribution in [0.5, 0.6) is 0 Å². The summed E-state index contributed by atoms with van der Waals surface area (Å²) in [5.74, 6) is 0.